The van der Waals surface area contributed by atoms with Crippen LogP contribution in [0.3, 0.4) is 0 Å². The molecule has 0 heterocycles. The molecular weight excluding hydrogens is 331 g/mol. The normalized spacial score (nSPS) is 12.2. The molecule has 0 aliphatic carbocycles. The highest BCUT2D eigenvalue weighted by atomic mass is 35.5. The van der Waals surface area contributed by atoms with E-state index >= 15 is 0 Å². The summed E-state index contributed by atoms with van der Waals surface area (Å²) in [6.07, 6.45) is -4.70. The van der Waals surface area contributed by atoms with Crippen LogP contribution in [0.4, 0.5) is 13.2 Å². The summed E-state index contributed by atoms with van der Waals surface area (Å²) in [5.74, 6) is 0.430. The number of nitrogens with two attached hydrogens (primary N) is 1. The molecule has 2 aromatic rings. The van der Waals surface area contributed by atoms with E-state index in [1.807, 2.05) is 31.2 Å². The number of halogens is 4. The van der Waals surface area contributed by atoms with E-state index in [1.54, 1.807) is 0 Å². The summed E-state index contributed by atoms with van der Waals surface area (Å²) in [7, 11) is 0. The van der Waals surface area contributed by atoms with Gasteiger partial charge in [-0.15, -0.1) is 25.6 Å². The average Bonchev–Trinajstić information content (AvgIpc) is 2.46. The summed E-state index contributed by atoms with van der Waals surface area (Å²) >= 11 is 0. The van der Waals surface area contributed by atoms with Crippen molar-refractivity contribution in [3.05, 3.63) is 59.7 Å². The van der Waals surface area contributed by atoms with Crippen LogP contribution in [0, 0.1) is 0 Å². The first-order valence-corrected chi connectivity index (χ1v) is 6.73. The quantitative estimate of drug-likeness (QED) is 0.868. The Hall–Kier alpha value is -1.92. The predicted molar refractivity (Wildman–Crippen MR) is 84.0 cm³/mol. The van der Waals surface area contributed by atoms with Crippen molar-refractivity contribution in [2.75, 3.05) is 6.61 Å². The molecule has 0 unspecified atom stereocenters. The molecule has 23 heavy (non-hydrogen) atoms. The number of benzene rings is 2. The SMILES string of the molecule is CCOc1cccc([C@H](N)c2ccc(OC(F)(F)F)cc2)c1.Cl. The van der Waals surface area contributed by atoms with E-state index < -0.39 is 12.4 Å². The first kappa shape index (κ1) is 19.1. The highest BCUT2D eigenvalue weighted by molar-refractivity contribution is 5.85. The van der Waals surface area contributed by atoms with Crippen molar-refractivity contribution < 1.29 is 22.6 Å². The monoisotopic (exact) mass is 347 g/mol. The summed E-state index contributed by atoms with van der Waals surface area (Å²) in [5, 5.41) is 0. The number of rotatable bonds is 5. The van der Waals surface area contributed by atoms with Gasteiger partial charge in [-0.25, -0.2) is 0 Å². The summed E-state index contributed by atoms with van der Waals surface area (Å²) < 4.78 is 45.6. The zero-order chi connectivity index (χ0) is 16.2. The molecule has 2 N–H and O–H groups in total. The summed E-state index contributed by atoms with van der Waals surface area (Å²) in [4.78, 5) is 0. The predicted octanol–water partition coefficient (Wildman–Crippen LogP) is 4.45. The molecule has 0 radical (unpaired) electrons. The Labute approximate surface area is 138 Å². The van der Waals surface area contributed by atoms with Gasteiger partial charge >= 0.3 is 6.36 Å². The smallest absolute Gasteiger partial charge is 0.494 e. The van der Waals surface area contributed by atoms with E-state index in [4.69, 9.17) is 10.5 Å². The highest BCUT2D eigenvalue weighted by Crippen LogP contribution is 2.27. The highest BCUT2D eigenvalue weighted by Gasteiger charge is 2.31. The minimum Gasteiger partial charge on any atom is -0.494 e. The van der Waals surface area contributed by atoms with Gasteiger partial charge < -0.3 is 15.2 Å². The van der Waals surface area contributed by atoms with Gasteiger partial charge in [-0.2, -0.15) is 0 Å². The Morgan fingerprint density at radius 3 is 2.22 bits per heavy atom. The number of ether oxygens (including phenoxy) is 2. The minimum atomic E-state index is -4.70. The molecule has 0 aliphatic heterocycles. The lowest BCUT2D eigenvalue weighted by Crippen LogP contribution is -2.17. The first-order chi connectivity index (χ1) is 10.4. The molecule has 0 saturated heterocycles. The molecule has 0 saturated carbocycles. The van der Waals surface area contributed by atoms with Crippen LogP contribution in [0.5, 0.6) is 11.5 Å². The van der Waals surface area contributed by atoms with Gasteiger partial charge in [0.05, 0.1) is 12.6 Å². The molecule has 2 aromatic carbocycles. The number of hydrogen-bond donors (Lipinski definition) is 1. The Bertz CT molecular complexity index is 617. The topological polar surface area (TPSA) is 44.5 Å². The third-order valence-corrected chi connectivity index (χ3v) is 3.00. The van der Waals surface area contributed by atoms with Gasteiger partial charge in [-0.3, -0.25) is 0 Å². The molecule has 2 rings (SSSR count). The maximum absolute atomic E-state index is 12.1. The van der Waals surface area contributed by atoms with Gasteiger partial charge in [-0.05, 0) is 42.3 Å². The van der Waals surface area contributed by atoms with E-state index in [0.29, 0.717) is 17.9 Å². The van der Waals surface area contributed by atoms with Crippen molar-refractivity contribution in [2.24, 2.45) is 5.73 Å². The Morgan fingerprint density at radius 1 is 1.00 bits per heavy atom. The second kappa shape index (κ2) is 8.08. The minimum absolute atomic E-state index is 0. The Kier molecular flexibility index (Phi) is 6.72. The van der Waals surface area contributed by atoms with Crippen LogP contribution in [-0.2, 0) is 0 Å². The lowest BCUT2D eigenvalue weighted by atomic mass is 9.99. The van der Waals surface area contributed by atoms with Crippen molar-refractivity contribution >= 4 is 12.4 Å². The molecule has 0 aliphatic rings. The average molecular weight is 348 g/mol. The molecule has 0 aromatic heterocycles. The summed E-state index contributed by atoms with van der Waals surface area (Å²) in [5.41, 5.74) is 7.64. The molecule has 0 amide bonds. The molecular formula is C16H17ClF3NO2. The molecule has 0 bridgehead atoms. The van der Waals surface area contributed by atoms with Crippen LogP contribution in [0.15, 0.2) is 48.5 Å². The number of alkyl halides is 3. The van der Waals surface area contributed by atoms with E-state index in [9.17, 15) is 13.2 Å². The zero-order valence-corrected chi connectivity index (χ0v) is 13.2. The molecule has 1 atom stereocenters. The Balaban J connectivity index is 0.00000264. The van der Waals surface area contributed by atoms with E-state index in [2.05, 4.69) is 4.74 Å². The van der Waals surface area contributed by atoms with Crippen molar-refractivity contribution in [2.45, 2.75) is 19.3 Å². The van der Waals surface area contributed by atoms with Crippen LogP contribution < -0.4 is 15.2 Å². The standard InChI is InChI=1S/C16H16F3NO2.ClH/c1-2-21-14-5-3-4-12(10-14)15(20)11-6-8-13(9-7-11)22-16(17,18)19;/h3-10,15H,2,20H2,1H3;1H/t15-;/m1./s1. The maximum atomic E-state index is 12.1. The zero-order valence-electron chi connectivity index (χ0n) is 12.3. The van der Waals surface area contributed by atoms with Crippen LogP contribution in [0.1, 0.15) is 24.1 Å². The van der Waals surface area contributed by atoms with Gasteiger partial charge in [0.15, 0.2) is 0 Å². The van der Waals surface area contributed by atoms with Gasteiger partial charge in [0.1, 0.15) is 11.5 Å². The fraction of sp³-hybridized carbons (Fsp3) is 0.250. The summed E-state index contributed by atoms with van der Waals surface area (Å²) in [6, 6.07) is 12.4. The van der Waals surface area contributed by atoms with E-state index in [-0.39, 0.29) is 18.2 Å². The molecule has 0 spiro atoms. The van der Waals surface area contributed by atoms with Crippen LogP contribution >= 0.6 is 12.4 Å². The van der Waals surface area contributed by atoms with Crippen molar-refractivity contribution in [1.82, 2.24) is 0 Å². The van der Waals surface area contributed by atoms with Gasteiger partial charge in [0.2, 0.25) is 0 Å². The second-order valence-electron chi connectivity index (χ2n) is 4.60. The fourth-order valence-corrected chi connectivity index (χ4v) is 2.03. The van der Waals surface area contributed by atoms with Gasteiger partial charge in [0, 0.05) is 0 Å². The lowest BCUT2D eigenvalue weighted by Gasteiger charge is -2.15. The third-order valence-electron chi connectivity index (χ3n) is 3.00. The molecule has 3 nitrogen and oxygen atoms in total. The van der Waals surface area contributed by atoms with Crippen LogP contribution in [0.2, 0.25) is 0 Å². The maximum Gasteiger partial charge on any atom is 0.573 e. The fourth-order valence-electron chi connectivity index (χ4n) is 2.03. The van der Waals surface area contributed by atoms with Crippen LogP contribution in [-0.4, -0.2) is 13.0 Å². The molecule has 0 fully saturated rings. The van der Waals surface area contributed by atoms with Crippen LogP contribution in [0.25, 0.3) is 0 Å². The third kappa shape index (κ3) is 5.65. The van der Waals surface area contributed by atoms with Crippen molar-refractivity contribution in [3.8, 4) is 11.5 Å². The largest absolute Gasteiger partial charge is 0.573 e. The lowest BCUT2D eigenvalue weighted by molar-refractivity contribution is -0.274. The van der Waals surface area contributed by atoms with Crippen molar-refractivity contribution in [1.29, 1.82) is 0 Å². The first-order valence-electron chi connectivity index (χ1n) is 6.73. The molecule has 7 heteroatoms. The Morgan fingerprint density at radius 2 is 1.65 bits per heavy atom. The molecule has 126 valence electrons. The van der Waals surface area contributed by atoms with Crippen molar-refractivity contribution in [3.63, 3.8) is 0 Å². The van der Waals surface area contributed by atoms with Gasteiger partial charge in [0.25, 0.3) is 0 Å². The van der Waals surface area contributed by atoms with E-state index in [0.717, 1.165) is 5.56 Å². The van der Waals surface area contributed by atoms with E-state index in [1.165, 1.54) is 24.3 Å². The van der Waals surface area contributed by atoms with Gasteiger partial charge in [-0.1, -0.05) is 24.3 Å². The number of hydrogen-bond acceptors (Lipinski definition) is 3. The second-order valence-corrected chi connectivity index (χ2v) is 4.60. The summed E-state index contributed by atoms with van der Waals surface area (Å²) in [6.45, 7) is 2.42.